The molecule has 0 aliphatic heterocycles. The Bertz CT molecular complexity index is 2610. The summed E-state index contributed by atoms with van der Waals surface area (Å²) < 4.78 is 32.6. The van der Waals surface area contributed by atoms with Gasteiger partial charge in [-0.3, -0.25) is 0 Å². The molecule has 0 amide bonds. The molecule has 0 unspecified atom stereocenters. The van der Waals surface area contributed by atoms with Gasteiger partial charge in [0, 0.05) is 54.1 Å². The number of benzene rings is 8. The Morgan fingerprint density at radius 2 is 0.576 bits per heavy atom. The van der Waals surface area contributed by atoms with Crippen LogP contribution in [0.2, 0.25) is 0 Å². The van der Waals surface area contributed by atoms with Crippen LogP contribution in [-0.4, -0.2) is 0 Å². The summed E-state index contributed by atoms with van der Waals surface area (Å²) in [6, 6.07) is 69.0. The van der Waals surface area contributed by atoms with Gasteiger partial charge in [-0.15, -0.1) is 5.73 Å². The average Bonchev–Trinajstić information content (AvgIpc) is 3.28. The maximum Gasteiger partial charge on any atom is 0.171 e. The fraction of sp³-hybridized carbons (Fsp3) is 0.0727. The van der Waals surface area contributed by atoms with E-state index in [4.69, 9.17) is 0 Å². The summed E-state index contributed by atoms with van der Waals surface area (Å²) in [4.78, 5) is 0. The second-order valence-electron chi connectivity index (χ2n) is 15.2. The Kier molecular flexibility index (Phi) is 11.3. The van der Waals surface area contributed by atoms with E-state index in [0.29, 0.717) is 0 Å². The predicted molar refractivity (Wildman–Crippen MR) is 252 cm³/mol. The first-order valence-electron chi connectivity index (χ1n) is 20.0. The van der Waals surface area contributed by atoms with Crippen molar-refractivity contribution in [2.24, 2.45) is 0 Å². The number of aryl methyl sites for hydroxylation is 4. The van der Waals surface area contributed by atoms with Gasteiger partial charge in [0.25, 0.3) is 0 Å². The van der Waals surface area contributed by atoms with Crippen molar-refractivity contribution in [1.29, 1.82) is 0 Å². The molecule has 0 bridgehead atoms. The molecule has 0 saturated heterocycles. The summed E-state index contributed by atoms with van der Waals surface area (Å²) >= 11 is 0. The summed E-state index contributed by atoms with van der Waals surface area (Å²) in [5.41, 5.74) is 13.4. The molecule has 0 atom stereocenters. The standard InChI is InChI=1S/C55H46O2P2/c1-40-23-31-46(32-24-40)58(56,47-33-25-41(2)26-34-47)54-21-13-11-19-50(54)52(44-15-7-5-8-16-44)39-53(45-17-9-6-10-18-45)51-20-12-14-22-55(51)59(57,48-35-27-42(3)28-36-48)49-37-29-43(4)30-38-49/h5-38H,1-4H3. The fourth-order valence-electron chi connectivity index (χ4n) is 7.72. The van der Waals surface area contributed by atoms with Gasteiger partial charge in [-0.05, 0) is 38.8 Å². The lowest BCUT2D eigenvalue weighted by Crippen LogP contribution is -2.27. The first-order chi connectivity index (χ1) is 28.7. The van der Waals surface area contributed by atoms with Crippen molar-refractivity contribution >= 4 is 57.3 Å². The van der Waals surface area contributed by atoms with E-state index in [1.165, 1.54) is 0 Å². The Morgan fingerprint density at radius 1 is 0.322 bits per heavy atom. The largest absolute Gasteiger partial charge is 0.309 e. The molecular formula is C55H46O2P2. The van der Waals surface area contributed by atoms with Crippen LogP contribution < -0.4 is 31.8 Å². The van der Waals surface area contributed by atoms with E-state index in [0.717, 1.165) is 87.5 Å². The molecule has 0 heterocycles. The first-order valence-corrected chi connectivity index (χ1v) is 23.4. The van der Waals surface area contributed by atoms with Crippen molar-refractivity contribution in [3.63, 3.8) is 0 Å². The van der Waals surface area contributed by atoms with Gasteiger partial charge in [0.05, 0.1) is 0 Å². The molecule has 2 nitrogen and oxygen atoms in total. The van der Waals surface area contributed by atoms with Crippen LogP contribution in [0, 0.1) is 27.7 Å². The highest BCUT2D eigenvalue weighted by Crippen LogP contribution is 2.47. The lowest BCUT2D eigenvalue weighted by Gasteiger charge is -2.25. The van der Waals surface area contributed by atoms with Crippen molar-refractivity contribution in [1.82, 2.24) is 0 Å². The van der Waals surface area contributed by atoms with Crippen molar-refractivity contribution < 1.29 is 9.13 Å². The van der Waals surface area contributed by atoms with Gasteiger partial charge in [0.15, 0.2) is 14.3 Å². The van der Waals surface area contributed by atoms with Crippen LogP contribution in [0.25, 0.3) is 11.1 Å². The van der Waals surface area contributed by atoms with E-state index in [1.54, 1.807) is 0 Å². The molecular weight excluding hydrogens is 755 g/mol. The summed E-state index contributed by atoms with van der Waals surface area (Å²) in [5, 5.41) is 4.51. The van der Waals surface area contributed by atoms with Crippen LogP contribution >= 0.6 is 14.3 Å². The fourth-order valence-corrected chi connectivity index (χ4v) is 13.3. The summed E-state index contributed by atoms with van der Waals surface area (Å²) in [5.74, 6) is 0. The SMILES string of the molecule is Cc1ccc(P(=O)(c2ccc(C)cc2)c2ccccc2C(=C=C(c2ccccc2)c2ccccc2P(=O)(c2ccc(C)cc2)c2ccc(C)cc2)c2ccccc2)cc1. The molecule has 0 saturated carbocycles. The van der Waals surface area contributed by atoms with Crippen molar-refractivity contribution in [2.75, 3.05) is 0 Å². The predicted octanol–water partition coefficient (Wildman–Crippen LogP) is 11.4. The van der Waals surface area contributed by atoms with Gasteiger partial charge in [-0.2, -0.15) is 0 Å². The van der Waals surface area contributed by atoms with Crippen LogP contribution in [0.5, 0.6) is 0 Å². The van der Waals surface area contributed by atoms with E-state index in [1.807, 2.05) is 170 Å². The van der Waals surface area contributed by atoms with Gasteiger partial charge in [-0.25, -0.2) is 0 Å². The molecule has 4 heteroatoms. The zero-order valence-corrected chi connectivity index (χ0v) is 35.6. The van der Waals surface area contributed by atoms with E-state index in [2.05, 4.69) is 69.8 Å². The molecule has 0 aliphatic rings. The van der Waals surface area contributed by atoms with Crippen molar-refractivity contribution in [3.8, 4) is 0 Å². The highest BCUT2D eigenvalue weighted by molar-refractivity contribution is 7.85. The van der Waals surface area contributed by atoms with Gasteiger partial charge < -0.3 is 9.13 Å². The third kappa shape index (κ3) is 7.84. The van der Waals surface area contributed by atoms with E-state index in [-0.39, 0.29) is 0 Å². The van der Waals surface area contributed by atoms with E-state index < -0.39 is 14.3 Å². The Balaban J connectivity index is 1.50. The summed E-state index contributed by atoms with van der Waals surface area (Å²) in [6.45, 7) is 8.20. The molecule has 0 N–H and O–H groups in total. The quantitative estimate of drug-likeness (QED) is 0.102. The Morgan fingerprint density at radius 3 is 0.864 bits per heavy atom. The number of hydrogen-bond donors (Lipinski definition) is 0. The molecule has 59 heavy (non-hydrogen) atoms. The Labute approximate surface area is 349 Å². The van der Waals surface area contributed by atoms with Gasteiger partial charge in [0.1, 0.15) is 0 Å². The van der Waals surface area contributed by atoms with Crippen LogP contribution in [0.3, 0.4) is 0 Å². The monoisotopic (exact) mass is 800 g/mol. The molecule has 0 aromatic heterocycles. The van der Waals surface area contributed by atoms with Gasteiger partial charge in [-0.1, -0.05) is 229 Å². The highest BCUT2D eigenvalue weighted by Gasteiger charge is 2.35. The minimum absolute atomic E-state index is 0.727. The average molecular weight is 801 g/mol. The van der Waals surface area contributed by atoms with Gasteiger partial charge >= 0.3 is 0 Å². The molecule has 0 radical (unpaired) electrons. The second kappa shape index (κ2) is 16.9. The highest BCUT2D eigenvalue weighted by atomic mass is 31.2. The van der Waals surface area contributed by atoms with E-state index in [9.17, 15) is 0 Å². The zero-order valence-electron chi connectivity index (χ0n) is 33.8. The Hall–Kier alpha value is -6.26. The molecule has 0 aliphatic carbocycles. The lowest BCUT2D eigenvalue weighted by atomic mass is 9.93. The second-order valence-corrected chi connectivity index (χ2v) is 20.7. The summed E-state index contributed by atoms with van der Waals surface area (Å²) in [7, 11) is -6.91. The molecule has 0 fully saturated rings. The van der Waals surface area contributed by atoms with E-state index >= 15 is 9.13 Å². The zero-order chi connectivity index (χ0) is 41.0. The maximum atomic E-state index is 16.3. The number of rotatable bonds is 10. The van der Waals surface area contributed by atoms with Crippen LogP contribution in [0.4, 0.5) is 0 Å². The van der Waals surface area contributed by atoms with Crippen molar-refractivity contribution in [2.45, 2.75) is 27.7 Å². The van der Waals surface area contributed by atoms with Crippen molar-refractivity contribution in [3.05, 3.63) is 256 Å². The maximum absolute atomic E-state index is 16.3. The first kappa shape index (κ1) is 39.6. The summed E-state index contributed by atoms with van der Waals surface area (Å²) in [6.07, 6.45) is 0. The third-order valence-corrected chi connectivity index (χ3v) is 17.2. The third-order valence-electron chi connectivity index (χ3n) is 11.0. The number of hydrogen-bond acceptors (Lipinski definition) is 2. The molecule has 8 rings (SSSR count). The molecule has 288 valence electrons. The normalized spacial score (nSPS) is 11.5. The lowest BCUT2D eigenvalue weighted by molar-refractivity contribution is 0.591. The molecule has 8 aromatic rings. The topological polar surface area (TPSA) is 34.1 Å². The van der Waals surface area contributed by atoms with Crippen LogP contribution in [-0.2, 0) is 9.13 Å². The molecule has 8 aromatic carbocycles. The van der Waals surface area contributed by atoms with Crippen LogP contribution in [0.15, 0.2) is 212 Å². The molecule has 0 spiro atoms. The smallest absolute Gasteiger partial charge is 0.171 e. The van der Waals surface area contributed by atoms with Crippen LogP contribution in [0.1, 0.15) is 44.5 Å². The minimum Gasteiger partial charge on any atom is -0.309 e. The van der Waals surface area contributed by atoms with Gasteiger partial charge in [0.2, 0.25) is 0 Å². The minimum atomic E-state index is -3.45.